The minimum atomic E-state index is -0.679. The molecule has 0 radical (unpaired) electrons. The van der Waals surface area contributed by atoms with Gasteiger partial charge in [-0.05, 0) is 23.3 Å². The summed E-state index contributed by atoms with van der Waals surface area (Å²) in [4.78, 5) is 26.0. The molecule has 0 bridgehead atoms. The van der Waals surface area contributed by atoms with Crippen molar-refractivity contribution in [3.63, 3.8) is 0 Å². The van der Waals surface area contributed by atoms with E-state index in [1.54, 1.807) is 0 Å². The highest BCUT2D eigenvalue weighted by Crippen LogP contribution is 2.40. The molecule has 0 N–H and O–H groups in total. The van der Waals surface area contributed by atoms with E-state index in [0.717, 1.165) is 22.3 Å². The molecular formula is C30H24O6. The van der Waals surface area contributed by atoms with Crippen molar-refractivity contribution in [3.8, 4) is 34.8 Å². The Morgan fingerprint density at radius 1 is 0.778 bits per heavy atom. The smallest absolute Gasteiger partial charge is 0.340 e. The van der Waals surface area contributed by atoms with Gasteiger partial charge in [-0.2, -0.15) is 0 Å². The molecule has 3 aromatic rings. The van der Waals surface area contributed by atoms with E-state index in [-0.39, 0.29) is 37.6 Å². The average Bonchev–Trinajstić information content (AvgIpc) is 3.41. The van der Waals surface area contributed by atoms with Crippen molar-refractivity contribution >= 4 is 11.9 Å². The summed E-state index contributed by atoms with van der Waals surface area (Å²) < 4.78 is 21.4. The number of methoxy groups -OCH3 is 2. The quantitative estimate of drug-likeness (QED) is 0.307. The van der Waals surface area contributed by atoms with Crippen molar-refractivity contribution in [1.82, 2.24) is 0 Å². The van der Waals surface area contributed by atoms with Crippen LogP contribution in [-0.2, 0) is 32.2 Å². The van der Waals surface area contributed by atoms with Crippen LogP contribution in [0.15, 0.2) is 60.7 Å². The van der Waals surface area contributed by atoms with Crippen LogP contribution in [0.5, 0.6) is 0 Å². The van der Waals surface area contributed by atoms with Gasteiger partial charge in [0.15, 0.2) is 0 Å². The van der Waals surface area contributed by atoms with Gasteiger partial charge in [0.1, 0.15) is 13.2 Å². The maximum atomic E-state index is 13.0. The summed E-state index contributed by atoms with van der Waals surface area (Å²) in [6.45, 7) is 0.835. The fourth-order valence-corrected chi connectivity index (χ4v) is 4.04. The molecule has 0 atom stereocenters. The van der Waals surface area contributed by atoms with Crippen molar-refractivity contribution in [3.05, 3.63) is 94.0 Å². The Hall–Kier alpha value is -4.36. The van der Waals surface area contributed by atoms with E-state index in [4.69, 9.17) is 18.9 Å². The number of hydrogen-bond donors (Lipinski definition) is 0. The van der Waals surface area contributed by atoms with Crippen LogP contribution in [0.2, 0.25) is 0 Å². The molecule has 0 amide bonds. The first-order chi connectivity index (χ1) is 17.7. The minimum Gasteiger partial charge on any atom is -0.465 e. The van der Waals surface area contributed by atoms with Gasteiger partial charge >= 0.3 is 11.9 Å². The molecule has 0 aromatic heterocycles. The van der Waals surface area contributed by atoms with Gasteiger partial charge in [0, 0.05) is 22.3 Å². The molecular weight excluding hydrogens is 456 g/mol. The Labute approximate surface area is 210 Å². The Kier molecular flexibility index (Phi) is 8.16. The average molecular weight is 481 g/mol. The summed E-state index contributed by atoms with van der Waals surface area (Å²) in [5.41, 5.74) is 4.36. The zero-order valence-corrected chi connectivity index (χ0v) is 20.1. The summed E-state index contributed by atoms with van der Waals surface area (Å²) in [6, 6.07) is 19.0. The van der Waals surface area contributed by atoms with E-state index in [2.05, 4.69) is 23.7 Å². The number of ether oxygens (including phenoxy) is 4. The van der Waals surface area contributed by atoms with E-state index in [0.29, 0.717) is 11.1 Å². The normalized spacial score (nSPS) is 11.4. The lowest BCUT2D eigenvalue weighted by molar-refractivity contribution is 0.0555. The van der Waals surface area contributed by atoms with Gasteiger partial charge in [-0.25, -0.2) is 9.59 Å². The number of rotatable bonds is 5. The third-order valence-corrected chi connectivity index (χ3v) is 5.62. The number of fused-ring (bicyclic) bond motifs is 1. The zero-order chi connectivity index (χ0) is 25.3. The molecule has 4 rings (SSSR count). The third kappa shape index (κ3) is 5.31. The SMILES string of the molecule is COC(=O)c1c(C#CCOCC#Cc2ccccc2)c2c(c(-c3ccccc3)c1C(=O)OC)COC2. The molecule has 0 spiro atoms. The Bertz CT molecular complexity index is 1390. The molecule has 3 aromatic carbocycles. The summed E-state index contributed by atoms with van der Waals surface area (Å²) in [6.07, 6.45) is 0. The van der Waals surface area contributed by atoms with Gasteiger partial charge in [0.25, 0.3) is 0 Å². The highest BCUT2D eigenvalue weighted by atomic mass is 16.5. The van der Waals surface area contributed by atoms with Crippen LogP contribution in [0.25, 0.3) is 11.1 Å². The summed E-state index contributed by atoms with van der Waals surface area (Å²) in [7, 11) is 2.54. The molecule has 0 unspecified atom stereocenters. The van der Waals surface area contributed by atoms with Gasteiger partial charge in [0.05, 0.1) is 38.6 Å². The zero-order valence-electron chi connectivity index (χ0n) is 20.1. The monoisotopic (exact) mass is 480 g/mol. The van der Waals surface area contributed by atoms with Crippen molar-refractivity contribution in [2.75, 3.05) is 27.4 Å². The van der Waals surface area contributed by atoms with Crippen LogP contribution >= 0.6 is 0 Å². The van der Waals surface area contributed by atoms with Gasteiger partial charge < -0.3 is 18.9 Å². The summed E-state index contributed by atoms with van der Waals surface area (Å²) >= 11 is 0. The third-order valence-electron chi connectivity index (χ3n) is 5.62. The lowest BCUT2D eigenvalue weighted by atomic mass is 9.84. The topological polar surface area (TPSA) is 71.1 Å². The maximum absolute atomic E-state index is 13.0. The van der Waals surface area contributed by atoms with Crippen LogP contribution in [0, 0.1) is 23.7 Å². The van der Waals surface area contributed by atoms with Gasteiger partial charge in [-0.15, -0.1) is 0 Å². The van der Waals surface area contributed by atoms with E-state index < -0.39 is 11.9 Å². The first kappa shape index (κ1) is 24.8. The lowest BCUT2D eigenvalue weighted by Gasteiger charge is -2.19. The number of carbonyl (C=O) groups is 2. The molecule has 0 saturated carbocycles. The first-order valence-electron chi connectivity index (χ1n) is 11.3. The van der Waals surface area contributed by atoms with E-state index >= 15 is 0 Å². The molecule has 36 heavy (non-hydrogen) atoms. The summed E-state index contributed by atoms with van der Waals surface area (Å²) in [5.74, 6) is 10.6. The van der Waals surface area contributed by atoms with Crippen LogP contribution < -0.4 is 0 Å². The van der Waals surface area contributed by atoms with Gasteiger partial charge in [-0.3, -0.25) is 0 Å². The highest BCUT2D eigenvalue weighted by molar-refractivity contribution is 6.10. The lowest BCUT2D eigenvalue weighted by Crippen LogP contribution is -2.18. The van der Waals surface area contributed by atoms with E-state index in [1.165, 1.54) is 14.2 Å². The second-order valence-electron chi connectivity index (χ2n) is 7.76. The Morgan fingerprint density at radius 2 is 1.36 bits per heavy atom. The van der Waals surface area contributed by atoms with Crippen molar-refractivity contribution in [2.24, 2.45) is 0 Å². The standard InChI is InChI=1S/C30H24O6/c1-33-29(31)27-23(16-10-18-35-17-9-13-21-11-5-3-6-12-21)24-19-36-20-25(24)26(28(27)30(32)34-2)22-14-7-4-8-15-22/h3-8,11-12,14-15H,17-20H2,1-2H3. The number of hydrogen-bond acceptors (Lipinski definition) is 6. The van der Waals surface area contributed by atoms with E-state index in [9.17, 15) is 9.59 Å². The van der Waals surface area contributed by atoms with Gasteiger partial charge in [0.2, 0.25) is 0 Å². The molecule has 0 saturated heterocycles. The predicted molar refractivity (Wildman–Crippen MR) is 134 cm³/mol. The van der Waals surface area contributed by atoms with Crippen LogP contribution in [0.3, 0.4) is 0 Å². The number of esters is 2. The summed E-state index contributed by atoms with van der Waals surface area (Å²) in [5, 5.41) is 0. The first-order valence-corrected chi connectivity index (χ1v) is 11.3. The van der Waals surface area contributed by atoms with E-state index in [1.807, 2.05) is 60.7 Å². The van der Waals surface area contributed by atoms with Gasteiger partial charge in [-0.1, -0.05) is 72.2 Å². The largest absolute Gasteiger partial charge is 0.465 e. The van der Waals surface area contributed by atoms with Crippen LogP contribution in [0.4, 0.5) is 0 Å². The second-order valence-corrected chi connectivity index (χ2v) is 7.76. The van der Waals surface area contributed by atoms with Crippen LogP contribution in [0.1, 0.15) is 43.0 Å². The molecule has 1 heterocycles. The highest BCUT2D eigenvalue weighted by Gasteiger charge is 2.34. The van der Waals surface area contributed by atoms with Crippen molar-refractivity contribution < 1.29 is 28.5 Å². The van der Waals surface area contributed by atoms with Crippen molar-refractivity contribution in [1.29, 1.82) is 0 Å². The minimum absolute atomic E-state index is 0.0591. The Morgan fingerprint density at radius 3 is 2.03 bits per heavy atom. The second kappa shape index (κ2) is 11.9. The van der Waals surface area contributed by atoms with Crippen LogP contribution in [-0.4, -0.2) is 39.4 Å². The number of carbonyl (C=O) groups excluding carboxylic acids is 2. The molecule has 6 nitrogen and oxygen atoms in total. The molecule has 1 aliphatic heterocycles. The molecule has 180 valence electrons. The molecule has 6 heteroatoms. The van der Waals surface area contributed by atoms with Crippen molar-refractivity contribution in [2.45, 2.75) is 13.2 Å². The molecule has 0 aliphatic carbocycles. The predicted octanol–water partition coefficient (Wildman–Crippen LogP) is 4.38. The maximum Gasteiger partial charge on any atom is 0.340 e. The fraction of sp³-hybridized carbons (Fsp3) is 0.200. The molecule has 0 fully saturated rings. The Balaban J connectivity index is 1.72. The molecule has 1 aliphatic rings. The fourth-order valence-electron chi connectivity index (χ4n) is 4.04. The number of benzene rings is 3.